The molecule has 5 nitrogen and oxygen atoms in total. The van der Waals surface area contributed by atoms with Crippen molar-refractivity contribution in [3.05, 3.63) is 36.0 Å². The second kappa shape index (κ2) is 5.53. The zero-order valence-corrected chi connectivity index (χ0v) is 10.7. The number of methoxy groups -OCH3 is 1. The van der Waals surface area contributed by atoms with Crippen LogP contribution in [0.5, 0.6) is 11.5 Å². The molecule has 18 heavy (non-hydrogen) atoms. The third-order valence-corrected chi connectivity index (χ3v) is 2.42. The van der Waals surface area contributed by atoms with Crippen LogP contribution in [-0.4, -0.2) is 17.3 Å². The van der Waals surface area contributed by atoms with E-state index in [-0.39, 0.29) is 12.5 Å². The summed E-state index contributed by atoms with van der Waals surface area (Å²) < 4.78 is 15.9. The molecule has 1 heterocycles. The van der Waals surface area contributed by atoms with Crippen molar-refractivity contribution in [1.82, 2.24) is 10.1 Å². The fourth-order valence-corrected chi connectivity index (χ4v) is 1.44. The maximum Gasteiger partial charge on any atom is 0.264 e. The van der Waals surface area contributed by atoms with E-state index >= 15 is 0 Å². The van der Waals surface area contributed by atoms with Gasteiger partial charge in [-0.15, -0.1) is 0 Å². The first kappa shape index (κ1) is 12.4. The Morgan fingerprint density at radius 3 is 2.56 bits per heavy atom. The van der Waals surface area contributed by atoms with E-state index in [9.17, 15) is 0 Å². The lowest BCUT2D eigenvalue weighted by molar-refractivity contribution is 0.233. The van der Waals surface area contributed by atoms with Crippen LogP contribution in [0.2, 0.25) is 0 Å². The first-order chi connectivity index (χ1) is 8.70. The average molecular weight is 248 g/mol. The molecule has 0 saturated carbocycles. The Bertz CT molecular complexity index is 508. The van der Waals surface area contributed by atoms with Crippen molar-refractivity contribution in [2.45, 2.75) is 26.4 Å². The first-order valence-corrected chi connectivity index (χ1v) is 5.79. The third kappa shape index (κ3) is 2.80. The smallest absolute Gasteiger partial charge is 0.264 e. The molecule has 0 aliphatic carbocycles. The minimum atomic E-state index is 0.236. The van der Waals surface area contributed by atoms with Crippen LogP contribution in [0.25, 0.3) is 0 Å². The van der Waals surface area contributed by atoms with Crippen molar-refractivity contribution in [3.63, 3.8) is 0 Å². The fraction of sp³-hybridized carbons (Fsp3) is 0.385. The Kier molecular flexibility index (Phi) is 3.82. The van der Waals surface area contributed by atoms with Crippen LogP contribution in [0.15, 0.2) is 28.8 Å². The van der Waals surface area contributed by atoms with E-state index in [1.165, 1.54) is 0 Å². The van der Waals surface area contributed by atoms with Gasteiger partial charge in [0.1, 0.15) is 0 Å². The van der Waals surface area contributed by atoms with Crippen LogP contribution < -0.4 is 9.47 Å². The van der Waals surface area contributed by atoms with Crippen molar-refractivity contribution in [3.8, 4) is 11.5 Å². The van der Waals surface area contributed by atoms with Gasteiger partial charge in [-0.2, -0.15) is 4.98 Å². The van der Waals surface area contributed by atoms with Gasteiger partial charge in [0.2, 0.25) is 0 Å². The summed E-state index contributed by atoms with van der Waals surface area (Å²) in [6.45, 7) is 4.26. The number of nitrogens with zero attached hydrogens (tertiary/aromatic N) is 2. The summed E-state index contributed by atoms with van der Waals surface area (Å²) in [6, 6.07) is 7.43. The van der Waals surface area contributed by atoms with Crippen molar-refractivity contribution in [2.75, 3.05) is 7.11 Å². The zero-order valence-electron chi connectivity index (χ0n) is 10.7. The predicted molar refractivity (Wildman–Crippen MR) is 65.7 cm³/mol. The number of ether oxygens (including phenoxy) is 2. The highest BCUT2D eigenvalue weighted by Gasteiger charge is 2.11. The first-order valence-electron chi connectivity index (χ1n) is 5.79. The second-order valence-electron chi connectivity index (χ2n) is 4.14. The molecule has 0 amide bonds. The van der Waals surface area contributed by atoms with Gasteiger partial charge in [-0.25, -0.2) is 0 Å². The zero-order chi connectivity index (χ0) is 13.0. The maximum absolute atomic E-state index is 5.59. The molecule has 0 fully saturated rings. The molecule has 5 heteroatoms. The average Bonchev–Trinajstić information content (AvgIpc) is 2.85. The van der Waals surface area contributed by atoms with Crippen molar-refractivity contribution >= 4 is 0 Å². The molecule has 0 unspecified atom stereocenters. The van der Waals surface area contributed by atoms with Gasteiger partial charge < -0.3 is 14.0 Å². The molecule has 2 rings (SSSR count). The largest absolute Gasteiger partial charge is 0.493 e. The monoisotopic (exact) mass is 248 g/mol. The van der Waals surface area contributed by atoms with E-state index in [0.717, 1.165) is 0 Å². The van der Waals surface area contributed by atoms with Crippen LogP contribution in [0.3, 0.4) is 0 Å². The molecule has 1 aromatic carbocycles. The van der Waals surface area contributed by atoms with Crippen LogP contribution in [0, 0.1) is 0 Å². The van der Waals surface area contributed by atoms with Gasteiger partial charge >= 0.3 is 0 Å². The summed E-state index contributed by atoms with van der Waals surface area (Å²) in [4.78, 5) is 4.24. The lowest BCUT2D eigenvalue weighted by Gasteiger charge is -2.07. The SMILES string of the molecule is COc1ccccc1OCc1nc(C(C)C)no1. The van der Waals surface area contributed by atoms with E-state index in [1.807, 2.05) is 38.1 Å². The van der Waals surface area contributed by atoms with Gasteiger partial charge in [0.15, 0.2) is 23.9 Å². The standard InChI is InChI=1S/C13H16N2O3/c1-9(2)13-14-12(18-15-13)8-17-11-7-5-4-6-10(11)16-3/h4-7,9H,8H2,1-3H3. The Labute approximate surface area is 106 Å². The number of hydrogen-bond acceptors (Lipinski definition) is 5. The van der Waals surface area contributed by atoms with Crippen molar-refractivity contribution in [1.29, 1.82) is 0 Å². The lowest BCUT2D eigenvalue weighted by atomic mass is 10.2. The number of para-hydroxylation sites is 2. The molecule has 0 radical (unpaired) electrons. The molecule has 0 spiro atoms. The summed E-state index contributed by atoms with van der Waals surface area (Å²) in [7, 11) is 1.60. The van der Waals surface area contributed by atoms with Gasteiger partial charge in [-0.05, 0) is 12.1 Å². The summed E-state index contributed by atoms with van der Waals surface area (Å²) in [5, 5.41) is 3.87. The molecule has 1 aromatic heterocycles. The van der Waals surface area contributed by atoms with Crippen molar-refractivity contribution in [2.24, 2.45) is 0 Å². The van der Waals surface area contributed by atoms with Crippen LogP contribution in [0.4, 0.5) is 0 Å². The van der Waals surface area contributed by atoms with E-state index in [0.29, 0.717) is 23.2 Å². The summed E-state index contributed by atoms with van der Waals surface area (Å²) >= 11 is 0. The summed E-state index contributed by atoms with van der Waals surface area (Å²) in [6.07, 6.45) is 0. The van der Waals surface area contributed by atoms with E-state index in [2.05, 4.69) is 10.1 Å². The summed E-state index contributed by atoms with van der Waals surface area (Å²) in [5.74, 6) is 2.73. The van der Waals surface area contributed by atoms with E-state index < -0.39 is 0 Å². The third-order valence-electron chi connectivity index (χ3n) is 2.42. The Hall–Kier alpha value is -2.04. The molecule has 96 valence electrons. The number of aromatic nitrogens is 2. The van der Waals surface area contributed by atoms with Crippen LogP contribution in [-0.2, 0) is 6.61 Å². The number of hydrogen-bond donors (Lipinski definition) is 0. The molecule has 2 aromatic rings. The van der Waals surface area contributed by atoms with Gasteiger partial charge in [0.05, 0.1) is 7.11 Å². The van der Waals surface area contributed by atoms with Gasteiger partial charge in [-0.3, -0.25) is 0 Å². The lowest BCUT2D eigenvalue weighted by Crippen LogP contribution is -1.98. The van der Waals surface area contributed by atoms with Gasteiger partial charge in [0, 0.05) is 5.92 Å². The highest BCUT2D eigenvalue weighted by Crippen LogP contribution is 2.26. The van der Waals surface area contributed by atoms with Gasteiger partial charge in [-0.1, -0.05) is 31.1 Å². The maximum atomic E-state index is 5.59. The second-order valence-corrected chi connectivity index (χ2v) is 4.14. The Morgan fingerprint density at radius 2 is 1.94 bits per heavy atom. The molecule has 0 N–H and O–H groups in total. The quantitative estimate of drug-likeness (QED) is 0.814. The van der Waals surface area contributed by atoms with Crippen LogP contribution in [0.1, 0.15) is 31.5 Å². The van der Waals surface area contributed by atoms with Gasteiger partial charge in [0.25, 0.3) is 5.89 Å². The normalized spacial score (nSPS) is 10.7. The Morgan fingerprint density at radius 1 is 1.22 bits per heavy atom. The minimum Gasteiger partial charge on any atom is -0.493 e. The van der Waals surface area contributed by atoms with Crippen molar-refractivity contribution < 1.29 is 14.0 Å². The predicted octanol–water partition coefficient (Wildman–Crippen LogP) is 2.78. The molecular formula is C13H16N2O3. The fourth-order valence-electron chi connectivity index (χ4n) is 1.44. The van der Waals surface area contributed by atoms with E-state index in [1.54, 1.807) is 7.11 Å². The molecule has 0 bridgehead atoms. The Balaban J connectivity index is 2.02. The number of rotatable bonds is 5. The molecule has 0 atom stereocenters. The van der Waals surface area contributed by atoms with Crippen LogP contribution >= 0.6 is 0 Å². The minimum absolute atomic E-state index is 0.236. The highest BCUT2D eigenvalue weighted by molar-refractivity contribution is 5.39. The highest BCUT2D eigenvalue weighted by atomic mass is 16.5. The molecular weight excluding hydrogens is 232 g/mol. The number of benzene rings is 1. The topological polar surface area (TPSA) is 57.4 Å². The summed E-state index contributed by atoms with van der Waals surface area (Å²) in [5.41, 5.74) is 0. The molecule has 0 aliphatic heterocycles. The van der Waals surface area contributed by atoms with E-state index in [4.69, 9.17) is 14.0 Å². The molecule has 0 aliphatic rings. The molecule has 0 saturated heterocycles.